The minimum atomic E-state index is 0. The van der Waals surface area contributed by atoms with Crippen molar-refractivity contribution in [3.8, 4) is 0 Å². The van der Waals surface area contributed by atoms with Crippen LogP contribution in [0.4, 0.5) is 0 Å². The summed E-state index contributed by atoms with van der Waals surface area (Å²) in [5, 5.41) is 0. The second-order valence-corrected chi connectivity index (χ2v) is 2.17. The van der Waals surface area contributed by atoms with Crippen LogP contribution in [0.1, 0.15) is 6.92 Å². The lowest BCUT2D eigenvalue weighted by molar-refractivity contribution is -0.691. The van der Waals surface area contributed by atoms with Crippen LogP contribution >= 0.6 is 0 Å². The molecule has 0 bridgehead atoms. The van der Waals surface area contributed by atoms with Gasteiger partial charge in [-0.05, 0) is 6.92 Å². The molecular formula is C7H11IN2O. The highest BCUT2D eigenvalue weighted by atomic mass is 127. The van der Waals surface area contributed by atoms with Gasteiger partial charge < -0.3 is 24.0 Å². The quantitative estimate of drug-likeness (QED) is 0.386. The fourth-order valence-corrected chi connectivity index (χ4v) is 0.842. The maximum Gasteiger partial charge on any atom is 0.497 e. The Morgan fingerprint density at radius 2 is 2.27 bits per heavy atom. The van der Waals surface area contributed by atoms with E-state index in [1.807, 2.05) is 13.0 Å². The molecule has 1 aromatic heterocycles. The molecule has 0 fully saturated rings. The molecule has 0 saturated carbocycles. The molecule has 11 heavy (non-hydrogen) atoms. The molecule has 0 N–H and O–H groups in total. The first-order chi connectivity index (χ1) is 4.75. The molecule has 0 aliphatic heterocycles. The molecule has 1 aromatic rings. The van der Waals surface area contributed by atoms with Gasteiger partial charge in [0.15, 0.2) is 0 Å². The van der Waals surface area contributed by atoms with Crippen molar-refractivity contribution >= 4 is 0 Å². The summed E-state index contributed by atoms with van der Waals surface area (Å²) in [5.74, 6) is 0. The molecule has 0 aromatic carbocycles. The smallest absolute Gasteiger partial charge is 0.497 e. The topological polar surface area (TPSA) is 25.9 Å². The summed E-state index contributed by atoms with van der Waals surface area (Å²) in [6.45, 7) is 2.68. The van der Waals surface area contributed by atoms with Crippen LogP contribution in [-0.4, -0.2) is 4.57 Å². The predicted octanol–water partition coefficient (Wildman–Crippen LogP) is -3.30. The monoisotopic (exact) mass is 266 g/mol. The SMILES string of the molecule is CCn1ccc[n+](C)c1=O.[I-]. The van der Waals surface area contributed by atoms with Gasteiger partial charge in [-0.25, -0.2) is 4.57 Å². The van der Waals surface area contributed by atoms with E-state index in [2.05, 4.69) is 0 Å². The standard InChI is InChI=1S/C7H11N2O.HI/c1-3-9-6-4-5-8(2)7(9)10;/h4-6H,3H2,1-2H3;1H/q+1;/p-1. The Morgan fingerprint density at radius 1 is 1.64 bits per heavy atom. The van der Waals surface area contributed by atoms with E-state index < -0.39 is 0 Å². The lowest BCUT2D eigenvalue weighted by atomic mass is 10.6. The van der Waals surface area contributed by atoms with Crippen molar-refractivity contribution < 1.29 is 28.5 Å². The van der Waals surface area contributed by atoms with Gasteiger partial charge in [-0.3, -0.25) is 0 Å². The molecule has 1 heterocycles. The van der Waals surface area contributed by atoms with Gasteiger partial charge in [0.1, 0.15) is 0 Å². The average Bonchev–Trinajstić information content (AvgIpc) is 1.95. The van der Waals surface area contributed by atoms with E-state index in [9.17, 15) is 4.79 Å². The van der Waals surface area contributed by atoms with E-state index in [1.54, 1.807) is 28.6 Å². The summed E-state index contributed by atoms with van der Waals surface area (Å²) < 4.78 is 3.21. The van der Waals surface area contributed by atoms with E-state index in [0.717, 1.165) is 6.54 Å². The van der Waals surface area contributed by atoms with Crippen LogP contribution in [-0.2, 0) is 13.6 Å². The first-order valence-corrected chi connectivity index (χ1v) is 3.30. The van der Waals surface area contributed by atoms with Crippen molar-refractivity contribution in [1.82, 2.24) is 4.57 Å². The highest BCUT2D eigenvalue weighted by Gasteiger charge is 2.01. The summed E-state index contributed by atoms with van der Waals surface area (Å²) in [6.07, 6.45) is 3.52. The largest absolute Gasteiger partial charge is 1.00 e. The Morgan fingerprint density at radius 3 is 2.73 bits per heavy atom. The van der Waals surface area contributed by atoms with Crippen molar-refractivity contribution in [2.24, 2.45) is 7.05 Å². The molecule has 0 saturated heterocycles. The normalized spacial score (nSPS) is 8.91. The van der Waals surface area contributed by atoms with Crippen molar-refractivity contribution in [1.29, 1.82) is 0 Å². The molecule has 62 valence electrons. The lowest BCUT2D eigenvalue weighted by Gasteiger charge is -1.92. The van der Waals surface area contributed by atoms with Gasteiger partial charge >= 0.3 is 5.69 Å². The first-order valence-electron chi connectivity index (χ1n) is 3.30. The molecule has 0 radical (unpaired) electrons. The Kier molecular flexibility index (Phi) is 4.32. The minimum absolute atomic E-state index is 0. The minimum Gasteiger partial charge on any atom is -1.00 e. The molecule has 0 aliphatic rings. The van der Waals surface area contributed by atoms with E-state index in [-0.39, 0.29) is 29.7 Å². The second-order valence-electron chi connectivity index (χ2n) is 2.17. The summed E-state index contributed by atoms with van der Waals surface area (Å²) in [7, 11) is 1.74. The van der Waals surface area contributed by atoms with Gasteiger partial charge in [0.2, 0.25) is 0 Å². The third-order valence-electron chi connectivity index (χ3n) is 1.46. The number of hydrogen-bond donors (Lipinski definition) is 0. The maximum atomic E-state index is 11.1. The molecule has 1 rings (SSSR count). The molecule has 4 heteroatoms. The van der Waals surface area contributed by atoms with E-state index in [0.29, 0.717) is 0 Å². The Labute approximate surface area is 82.7 Å². The van der Waals surface area contributed by atoms with Crippen LogP contribution < -0.4 is 34.2 Å². The number of hydrogen-bond acceptors (Lipinski definition) is 1. The molecule has 0 unspecified atom stereocenters. The van der Waals surface area contributed by atoms with Crippen molar-refractivity contribution in [2.75, 3.05) is 0 Å². The molecule has 0 spiro atoms. The van der Waals surface area contributed by atoms with Crippen LogP contribution in [0.5, 0.6) is 0 Å². The average molecular weight is 266 g/mol. The van der Waals surface area contributed by atoms with E-state index in [1.165, 1.54) is 0 Å². The van der Waals surface area contributed by atoms with Gasteiger partial charge in [-0.2, -0.15) is 9.36 Å². The van der Waals surface area contributed by atoms with Gasteiger partial charge in [0, 0.05) is 6.07 Å². The molecule has 0 atom stereocenters. The third-order valence-corrected chi connectivity index (χ3v) is 1.46. The third kappa shape index (κ3) is 2.28. The van der Waals surface area contributed by atoms with Crippen molar-refractivity contribution in [3.63, 3.8) is 0 Å². The first kappa shape index (κ1) is 10.6. The van der Waals surface area contributed by atoms with Gasteiger partial charge in [-0.15, -0.1) is 0 Å². The van der Waals surface area contributed by atoms with E-state index in [4.69, 9.17) is 0 Å². The molecule has 0 aliphatic carbocycles. The Bertz CT molecular complexity index is 282. The van der Waals surface area contributed by atoms with Crippen LogP contribution in [0, 0.1) is 0 Å². The van der Waals surface area contributed by atoms with Crippen molar-refractivity contribution in [2.45, 2.75) is 13.5 Å². The molecule has 0 amide bonds. The number of rotatable bonds is 1. The lowest BCUT2D eigenvalue weighted by Crippen LogP contribution is -3.00. The zero-order valence-corrected chi connectivity index (χ0v) is 8.78. The highest BCUT2D eigenvalue weighted by molar-refractivity contribution is 4.74. The van der Waals surface area contributed by atoms with Crippen LogP contribution in [0.3, 0.4) is 0 Å². The fraction of sp³-hybridized carbons (Fsp3) is 0.429. The Hall–Kier alpha value is -0.390. The molecule has 3 nitrogen and oxygen atoms in total. The fourth-order valence-electron chi connectivity index (χ4n) is 0.842. The van der Waals surface area contributed by atoms with Crippen LogP contribution in [0.2, 0.25) is 0 Å². The van der Waals surface area contributed by atoms with E-state index >= 15 is 0 Å². The molecular weight excluding hydrogens is 255 g/mol. The summed E-state index contributed by atoms with van der Waals surface area (Å²) >= 11 is 0. The second kappa shape index (κ2) is 4.48. The zero-order valence-electron chi connectivity index (χ0n) is 6.62. The van der Waals surface area contributed by atoms with Gasteiger partial charge in [-0.1, -0.05) is 0 Å². The highest BCUT2D eigenvalue weighted by Crippen LogP contribution is 1.74. The van der Waals surface area contributed by atoms with Crippen molar-refractivity contribution in [3.05, 3.63) is 28.9 Å². The number of halogens is 1. The van der Waals surface area contributed by atoms with Gasteiger partial charge in [0.05, 0.1) is 26.0 Å². The Balaban J connectivity index is 0.000001000. The van der Waals surface area contributed by atoms with Gasteiger partial charge in [0.25, 0.3) is 0 Å². The number of nitrogens with zero attached hydrogens (tertiary/aromatic N) is 2. The summed E-state index contributed by atoms with van der Waals surface area (Å²) in [4.78, 5) is 11.1. The summed E-state index contributed by atoms with van der Waals surface area (Å²) in [6, 6.07) is 1.85. The van der Waals surface area contributed by atoms with Crippen LogP contribution in [0.15, 0.2) is 23.3 Å². The predicted molar refractivity (Wildman–Crippen MR) is 37.6 cm³/mol. The zero-order chi connectivity index (χ0) is 7.56. The van der Waals surface area contributed by atoms with Crippen LogP contribution in [0.25, 0.3) is 0 Å². The summed E-state index contributed by atoms with van der Waals surface area (Å²) in [5.41, 5.74) is 0.0324. The number of aromatic nitrogens is 2. The maximum absolute atomic E-state index is 11.1. The number of aryl methyl sites for hydroxylation is 2.